The molecule has 1 atom stereocenters. The van der Waals surface area contributed by atoms with Gasteiger partial charge in [0.2, 0.25) is 0 Å². The summed E-state index contributed by atoms with van der Waals surface area (Å²) >= 11 is 7.84. The van der Waals surface area contributed by atoms with Gasteiger partial charge < -0.3 is 4.90 Å². The van der Waals surface area contributed by atoms with Crippen molar-refractivity contribution in [1.82, 2.24) is 0 Å². The van der Waals surface area contributed by atoms with Crippen LogP contribution in [0.4, 0.5) is 5.69 Å². The van der Waals surface area contributed by atoms with E-state index in [1.54, 1.807) is 11.8 Å². The first-order chi connectivity index (χ1) is 9.70. The van der Waals surface area contributed by atoms with Gasteiger partial charge in [-0.2, -0.15) is 0 Å². The first-order valence-corrected chi connectivity index (χ1v) is 8.01. The van der Waals surface area contributed by atoms with Crippen molar-refractivity contribution in [2.75, 3.05) is 18.2 Å². The van der Waals surface area contributed by atoms with Crippen molar-refractivity contribution in [2.24, 2.45) is 4.99 Å². The van der Waals surface area contributed by atoms with Gasteiger partial charge in [-0.05, 0) is 30.0 Å². The number of hydrogen-bond donors (Lipinski definition) is 0. The van der Waals surface area contributed by atoms with E-state index in [0.717, 1.165) is 15.8 Å². The molecule has 1 aliphatic heterocycles. The average Bonchev–Trinajstić information content (AvgIpc) is 2.48. The summed E-state index contributed by atoms with van der Waals surface area (Å²) in [4.78, 5) is 7.00. The van der Waals surface area contributed by atoms with E-state index < -0.39 is 0 Å². The van der Waals surface area contributed by atoms with E-state index in [4.69, 9.17) is 16.6 Å². The van der Waals surface area contributed by atoms with Crippen molar-refractivity contribution in [1.29, 1.82) is 0 Å². The summed E-state index contributed by atoms with van der Waals surface area (Å²) in [5.41, 5.74) is 3.52. The molecule has 0 spiro atoms. The fourth-order valence-electron chi connectivity index (χ4n) is 2.50. The lowest BCUT2D eigenvalue weighted by Crippen LogP contribution is -2.29. The Morgan fingerprint density at radius 3 is 2.60 bits per heavy atom. The predicted molar refractivity (Wildman–Crippen MR) is 89.1 cm³/mol. The van der Waals surface area contributed by atoms with Gasteiger partial charge in [0, 0.05) is 23.3 Å². The molecule has 0 N–H and O–H groups in total. The predicted octanol–water partition coefficient (Wildman–Crippen LogP) is 4.60. The number of aliphatic imine (C=N–C) groups is 1. The van der Waals surface area contributed by atoms with Gasteiger partial charge in [0.25, 0.3) is 0 Å². The van der Waals surface area contributed by atoms with Crippen LogP contribution < -0.4 is 4.90 Å². The van der Waals surface area contributed by atoms with Gasteiger partial charge in [-0.15, -0.1) is 0 Å². The number of anilines is 1. The maximum Gasteiger partial charge on any atom is 0.164 e. The minimum absolute atomic E-state index is 0.0172. The number of nitrogens with zero attached hydrogens (tertiary/aromatic N) is 2. The SMILES string of the molecule is CSC1=NC(c2ccccc2)c2cc(Cl)ccc2N1C. The van der Waals surface area contributed by atoms with E-state index in [1.165, 1.54) is 11.3 Å². The highest BCUT2D eigenvalue weighted by Crippen LogP contribution is 2.39. The van der Waals surface area contributed by atoms with Crippen LogP contribution in [0.2, 0.25) is 5.02 Å². The number of benzene rings is 2. The van der Waals surface area contributed by atoms with Crippen LogP contribution in [0.5, 0.6) is 0 Å². The molecule has 2 aromatic carbocycles. The molecule has 1 unspecified atom stereocenters. The highest BCUT2D eigenvalue weighted by atomic mass is 35.5. The summed E-state index contributed by atoms with van der Waals surface area (Å²) in [5.74, 6) is 0. The zero-order chi connectivity index (χ0) is 14.1. The number of fused-ring (bicyclic) bond motifs is 1. The van der Waals surface area contributed by atoms with Gasteiger partial charge in [-0.25, -0.2) is 4.99 Å². The lowest BCUT2D eigenvalue weighted by molar-refractivity contribution is 0.851. The van der Waals surface area contributed by atoms with Crippen LogP contribution >= 0.6 is 23.4 Å². The van der Waals surface area contributed by atoms with Crippen LogP contribution in [-0.2, 0) is 0 Å². The van der Waals surface area contributed by atoms with E-state index >= 15 is 0 Å². The standard InChI is InChI=1S/C16H15ClN2S/c1-19-14-9-8-12(17)10-13(14)15(18-16(19)20-2)11-6-4-3-5-7-11/h3-10,15H,1-2H3. The Labute approximate surface area is 128 Å². The molecule has 0 fully saturated rings. The van der Waals surface area contributed by atoms with Gasteiger partial charge in [0.05, 0.1) is 0 Å². The van der Waals surface area contributed by atoms with Gasteiger partial charge >= 0.3 is 0 Å². The Kier molecular flexibility index (Phi) is 3.72. The second-order valence-electron chi connectivity index (χ2n) is 4.69. The zero-order valence-electron chi connectivity index (χ0n) is 11.4. The molecule has 0 saturated heterocycles. The lowest BCUT2D eigenvalue weighted by atomic mass is 9.96. The van der Waals surface area contributed by atoms with Gasteiger partial charge in [0.1, 0.15) is 6.04 Å². The molecule has 0 aromatic heterocycles. The molecule has 20 heavy (non-hydrogen) atoms. The van der Waals surface area contributed by atoms with Crippen LogP contribution in [-0.4, -0.2) is 18.5 Å². The number of halogens is 1. The molecule has 3 rings (SSSR count). The minimum atomic E-state index is 0.0172. The smallest absolute Gasteiger partial charge is 0.164 e. The quantitative estimate of drug-likeness (QED) is 0.765. The number of thioether (sulfide) groups is 1. The minimum Gasteiger partial charge on any atom is -0.324 e. The second kappa shape index (κ2) is 5.51. The fraction of sp³-hybridized carbons (Fsp3) is 0.188. The molecule has 2 nitrogen and oxygen atoms in total. The molecular weight excluding hydrogens is 288 g/mol. The van der Waals surface area contributed by atoms with Crippen LogP contribution in [0, 0.1) is 0 Å². The van der Waals surface area contributed by atoms with Gasteiger partial charge in [-0.3, -0.25) is 0 Å². The van der Waals surface area contributed by atoms with Crippen LogP contribution in [0.15, 0.2) is 53.5 Å². The van der Waals surface area contributed by atoms with E-state index in [1.807, 2.05) is 37.4 Å². The molecule has 1 aliphatic rings. The highest BCUT2D eigenvalue weighted by Gasteiger charge is 2.26. The lowest BCUT2D eigenvalue weighted by Gasteiger charge is -2.31. The Bertz CT molecular complexity index is 655. The Balaban J connectivity index is 2.18. The second-order valence-corrected chi connectivity index (χ2v) is 5.90. The molecule has 102 valence electrons. The summed E-state index contributed by atoms with van der Waals surface area (Å²) in [6, 6.07) is 16.4. The Hall–Kier alpha value is -1.45. The third-order valence-electron chi connectivity index (χ3n) is 3.47. The average molecular weight is 303 g/mol. The largest absolute Gasteiger partial charge is 0.324 e. The number of amidine groups is 1. The first-order valence-electron chi connectivity index (χ1n) is 6.40. The number of rotatable bonds is 1. The monoisotopic (exact) mass is 302 g/mol. The Morgan fingerprint density at radius 2 is 1.90 bits per heavy atom. The normalized spacial score (nSPS) is 17.6. The topological polar surface area (TPSA) is 15.6 Å². The van der Waals surface area contributed by atoms with Gasteiger partial charge in [-0.1, -0.05) is 53.7 Å². The third-order valence-corrected chi connectivity index (χ3v) is 4.45. The molecular formula is C16H15ClN2S. The maximum absolute atomic E-state index is 6.18. The zero-order valence-corrected chi connectivity index (χ0v) is 12.9. The molecule has 1 heterocycles. The Morgan fingerprint density at radius 1 is 1.15 bits per heavy atom. The van der Waals surface area contributed by atoms with Gasteiger partial charge in [0.15, 0.2) is 5.17 Å². The van der Waals surface area contributed by atoms with E-state index in [2.05, 4.69) is 29.4 Å². The van der Waals surface area contributed by atoms with Crippen molar-refractivity contribution < 1.29 is 0 Å². The third kappa shape index (κ3) is 2.32. The molecule has 0 saturated carbocycles. The van der Waals surface area contributed by atoms with Crippen molar-refractivity contribution in [3.05, 3.63) is 64.7 Å². The van der Waals surface area contributed by atoms with Crippen LogP contribution in [0.1, 0.15) is 17.2 Å². The molecule has 4 heteroatoms. The molecule has 0 radical (unpaired) electrons. The maximum atomic E-state index is 6.18. The van der Waals surface area contributed by atoms with E-state index in [-0.39, 0.29) is 6.04 Å². The van der Waals surface area contributed by atoms with Crippen LogP contribution in [0.25, 0.3) is 0 Å². The van der Waals surface area contributed by atoms with Crippen molar-refractivity contribution >= 4 is 34.2 Å². The summed E-state index contributed by atoms with van der Waals surface area (Å²) in [7, 11) is 2.04. The summed E-state index contributed by atoms with van der Waals surface area (Å²) in [6.07, 6.45) is 2.05. The van der Waals surface area contributed by atoms with E-state index in [0.29, 0.717) is 0 Å². The fourth-order valence-corrected chi connectivity index (χ4v) is 3.26. The first kappa shape index (κ1) is 13.5. The van der Waals surface area contributed by atoms with Crippen LogP contribution in [0.3, 0.4) is 0 Å². The summed E-state index contributed by atoms with van der Waals surface area (Å²) in [6.45, 7) is 0. The van der Waals surface area contributed by atoms with Crippen molar-refractivity contribution in [2.45, 2.75) is 6.04 Å². The summed E-state index contributed by atoms with van der Waals surface area (Å²) < 4.78 is 0. The molecule has 2 aromatic rings. The number of hydrogen-bond acceptors (Lipinski definition) is 3. The van der Waals surface area contributed by atoms with Crippen molar-refractivity contribution in [3.8, 4) is 0 Å². The summed E-state index contributed by atoms with van der Waals surface area (Å²) in [5, 5.41) is 1.77. The highest BCUT2D eigenvalue weighted by molar-refractivity contribution is 8.13. The molecule has 0 bridgehead atoms. The molecule has 0 amide bonds. The van der Waals surface area contributed by atoms with Crippen molar-refractivity contribution in [3.63, 3.8) is 0 Å². The molecule has 0 aliphatic carbocycles. The van der Waals surface area contributed by atoms with E-state index in [9.17, 15) is 0 Å².